The number of hydrogen-bond acceptors (Lipinski definition) is 0. The summed E-state index contributed by atoms with van der Waals surface area (Å²) in [6.45, 7) is 8.79. The number of aryl methyl sites for hydroxylation is 3. The minimum absolute atomic E-state index is 1.25. The second kappa shape index (κ2) is 4.27. The monoisotopic (exact) mass is 249 g/mol. The van der Waals surface area contributed by atoms with Gasteiger partial charge in [0, 0.05) is 16.6 Å². The van der Waals surface area contributed by atoms with Gasteiger partial charge in [-0.1, -0.05) is 30.3 Å². The fourth-order valence-electron chi connectivity index (χ4n) is 2.90. The van der Waals surface area contributed by atoms with E-state index in [1.807, 2.05) is 0 Å². The van der Waals surface area contributed by atoms with E-state index in [1.54, 1.807) is 0 Å². The van der Waals surface area contributed by atoms with Crippen LogP contribution >= 0.6 is 0 Å². The molecule has 0 saturated carbocycles. The first-order valence-electron chi connectivity index (χ1n) is 6.74. The van der Waals surface area contributed by atoms with E-state index in [4.69, 9.17) is 0 Å². The van der Waals surface area contributed by atoms with Crippen LogP contribution in [0, 0.1) is 27.7 Å². The number of aromatic amines is 1. The maximum Gasteiger partial charge on any atom is 0.0467 e. The lowest BCUT2D eigenvalue weighted by atomic mass is 9.93. The van der Waals surface area contributed by atoms with Crippen molar-refractivity contribution >= 4 is 10.9 Å². The molecule has 0 saturated heterocycles. The molecule has 0 radical (unpaired) electrons. The van der Waals surface area contributed by atoms with E-state index in [0.717, 1.165) is 0 Å². The van der Waals surface area contributed by atoms with Gasteiger partial charge in [-0.3, -0.25) is 0 Å². The molecule has 0 spiro atoms. The van der Waals surface area contributed by atoms with Crippen LogP contribution in [0.1, 0.15) is 22.4 Å². The Kier molecular flexibility index (Phi) is 2.70. The van der Waals surface area contributed by atoms with Crippen molar-refractivity contribution in [2.24, 2.45) is 0 Å². The lowest BCUT2D eigenvalue weighted by Gasteiger charge is -2.11. The Morgan fingerprint density at radius 1 is 0.789 bits per heavy atom. The first kappa shape index (κ1) is 12.0. The molecule has 0 aliphatic heterocycles. The summed E-state index contributed by atoms with van der Waals surface area (Å²) in [5.74, 6) is 0. The summed E-state index contributed by atoms with van der Waals surface area (Å²) in [5.41, 5.74) is 9.26. The SMILES string of the molecule is Cc1[nH]c2cc(-c3ccccc3)c(C)c(C)c2c1C. The molecule has 0 atom stereocenters. The number of nitrogens with one attached hydrogen (secondary N) is 1. The van der Waals surface area contributed by atoms with Crippen LogP contribution in [0.2, 0.25) is 0 Å². The van der Waals surface area contributed by atoms with E-state index in [-0.39, 0.29) is 0 Å². The molecule has 96 valence electrons. The molecule has 1 nitrogen and oxygen atoms in total. The van der Waals surface area contributed by atoms with Gasteiger partial charge in [0.15, 0.2) is 0 Å². The average molecular weight is 249 g/mol. The molecule has 3 aromatic rings. The standard InChI is InChI=1S/C18H19N/c1-11-12(2)18-13(3)14(4)19-17(18)10-16(11)15-8-6-5-7-9-15/h5-10,19H,1-4H3. The molecule has 1 heteroatoms. The van der Waals surface area contributed by atoms with Gasteiger partial charge in [0.1, 0.15) is 0 Å². The van der Waals surface area contributed by atoms with Crippen molar-refractivity contribution in [1.82, 2.24) is 4.98 Å². The highest BCUT2D eigenvalue weighted by Crippen LogP contribution is 2.34. The van der Waals surface area contributed by atoms with Gasteiger partial charge in [-0.05, 0) is 61.6 Å². The predicted molar refractivity (Wildman–Crippen MR) is 82.7 cm³/mol. The molecule has 0 fully saturated rings. The van der Waals surface area contributed by atoms with Crippen LogP contribution in [-0.4, -0.2) is 4.98 Å². The Hall–Kier alpha value is -2.02. The number of rotatable bonds is 1. The molecule has 2 aromatic carbocycles. The van der Waals surface area contributed by atoms with E-state index in [9.17, 15) is 0 Å². The highest BCUT2D eigenvalue weighted by Gasteiger charge is 2.12. The summed E-state index contributed by atoms with van der Waals surface area (Å²) in [7, 11) is 0. The molecular weight excluding hydrogens is 230 g/mol. The zero-order chi connectivity index (χ0) is 13.6. The van der Waals surface area contributed by atoms with Gasteiger partial charge >= 0.3 is 0 Å². The normalized spacial score (nSPS) is 11.2. The van der Waals surface area contributed by atoms with Gasteiger partial charge in [-0.2, -0.15) is 0 Å². The summed E-state index contributed by atoms with van der Waals surface area (Å²) in [6, 6.07) is 12.9. The van der Waals surface area contributed by atoms with Gasteiger partial charge in [-0.25, -0.2) is 0 Å². The molecule has 1 N–H and O–H groups in total. The summed E-state index contributed by atoms with van der Waals surface area (Å²) in [6.07, 6.45) is 0. The largest absolute Gasteiger partial charge is 0.358 e. The number of benzene rings is 2. The number of hydrogen-bond donors (Lipinski definition) is 1. The van der Waals surface area contributed by atoms with Crippen LogP contribution in [0.15, 0.2) is 36.4 Å². The van der Waals surface area contributed by atoms with Crippen molar-refractivity contribution in [1.29, 1.82) is 0 Å². The van der Waals surface area contributed by atoms with Crippen LogP contribution < -0.4 is 0 Å². The second-order valence-corrected chi connectivity index (χ2v) is 5.34. The molecule has 0 aliphatic carbocycles. The summed E-state index contributed by atoms with van der Waals surface area (Å²) >= 11 is 0. The fourth-order valence-corrected chi connectivity index (χ4v) is 2.90. The van der Waals surface area contributed by atoms with E-state index >= 15 is 0 Å². The highest BCUT2D eigenvalue weighted by molar-refractivity contribution is 5.93. The Labute approximate surface area is 114 Å². The van der Waals surface area contributed by atoms with Crippen LogP contribution in [0.4, 0.5) is 0 Å². The molecule has 1 aromatic heterocycles. The summed E-state index contributed by atoms with van der Waals surface area (Å²) in [5, 5.41) is 1.38. The summed E-state index contributed by atoms with van der Waals surface area (Å²) < 4.78 is 0. The van der Waals surface area contributed by atoms with Gasteiger partial charge in [-0.15, -0.1) is 0 Å². The fraction of sp³-hybridized carbons (Fsp3) is 0.222. The molecule has 0 amide bonds. The Morgan fingerprint density at radius 2 is 1.47 bits per heavy atom. The van der Waals surface area contributed by atoms with Crippen molar-refractivity contribution in [2.75, 3.05) is 0 Å². The maximum atomic E-state index is 3.50. The van der Waals surface area contributed by atoms with E-state index in [2.05, 4.69) is 69.1 Å². The number of fused-ring (bicyclic) bond motifs is 1. The van der Waals surface area contributed by atoms with Gasteiger partial charge < -0.3 is 4.98 Å². The Balaban J connectivity index is 2.37. The third-order valence-corrected chi connectivity index (χ3v) is 4.24. The van der Waals surface area contributed by atoms with Crippen LogP contribution in [-0.2, 0) is 0 Å². The molecule has 0 aliphatic rings. The molecule has 0 bridgehead atoms. The Morgan fingerprint density at radius 3 is 2.16 bits per heavy atom. The molecule has 3 rings (SSSR count). The van der Waals surface area contributed by atoms with Crippen LogP contribution in [0.25, 0.3) is 22.0 Å². The second-order valence-electron chi connectivity index (χ2n) is 5.34. The van der Waals surface area contributed by atoms with Crippen molar-refractivity contribution in [3.63, 3.8) is 0 Å². The van der Waals surface area contributed by atoms with Crippen LogP contribution in [0.3, 0.4) is 0 Å². The van der Waals surface area contributed by atoms with Crippen molar-refractivity contribution in [2.45, 2.75) is 27.7 Å². The average Bonchev–Trinajstić information content (AvgIpc) is 2.70. The Bertz CT molecular complexity index is 748. The molecule has 19 heavy (non-hydrogen) atoms. The first-order chi connectivity index (χ1) is 9.09. The number of H-pyrrole nitrogens is 1. The number of aromatic nitrogens is 1. The summed E-state index contributed by atoms with van der Waals surface area (Å²) in [4.78, 5) is 3.50. The zero-order valence-electron chi connectivity index (χ0n) is 12.0. The van der Waals surface area contributed by atoms with Gasteiger partial charge in [0.05, 0.1) is 0 Å². The van der Waals surface area contributed by atoms with E-state index < -0.39 is 0 Å². The topological polar surface area (TPSA) is 15.8 Å². The van der Waals surface area contributed by atoms with Crippen molar-refractivity contribution in [3.8, 4) is 11.1 Å². The van der Waals surface area contributed by atoms with Crippen LogP contribution in [0.5, 0.6) is 0 Å². The third kappa shape index (κ3) is 1.77. The minimum atomic E-state index is 1.25. The van der Waals surface area contributed by atoms with E-state index in [1.165, 1.54) is 44.4 Å². The van der Waals surface area contributed by atoms with Crippen molar-refractivity contribution < 1.29 is 0 Å². The first-order valence-corrected chi connectivity index (χ1v) is 6.74. The molecular formula is C18H19N. The van der Waals surface area contributed by atoms with Gasteiger partial charge in [0.2, 0.25) is 0 Å². The third-order valence-electron chi connectivity index (χ3n) is 4.24. The molecule has 1 heterocycles. The predicted octanol–water partition coefficient (Wildman–Crippen LogP) is 5.07. The zero-order valence-corrected chi connectivity index (χ0v) is 12.0. The van der Waals surface area contributed by atoms with Crippen molar-refractivity contribution in [3.05, 3.63) is 58.8 Å². The maximum absolute atomic E-state index is 3.50. The molecule has 0 unspecified atom stereocenters. The highest BCUT2D eigenvalue weighted by atomic mass is 14.7. The van der Waals surface area contributed by atoms with Gasteiger partial charge in [0.25, 0.3) is 0 Å². The van der Waals surface area contributed by atoms with E-state index in [0.29, 0.717) is 0 Å². The smallest absolute Gasteiger partial charge is 0.0467 e. The lowest BCUT2D eigenvalue weighted by Crippen LogP contribution is -1.89. The lowest BCUT2D eigenvalue weighted by molar-refractivity contribution is 1.25. The quantitative estimate of drug-likeness (QED) is 0.620. The minimum Gasteiger partial charge on any atom is -0.358 e.